The maximum Gasteiger partial charge on any atom is 0.416 e. The van der Waals surface area contributed by atoms with Crippen LogP contribution < -0.4 is 31.2 Å². The number of amides is 3. The van der Waals surface area contributed by atoms with Crippen molar-refractivity contribution in [2.45, 2.75) is 12.7 Å². The standard InChI is InChI=1S/C24H24F3N5O4/c1-29-22(33)20-13-18(8-10-30-20)36-17-5-2-15(3-6-17)14-31-23(34)32-19-12-16(24(25,26)27)4-7-21(19)35-11-9-28/h2-8,10,12-13H,9,11,14,28H2,1H3,(H,29,33)(H2,31,32,34). The van der Waals surface area contributed by atoms with E-state index in [2.05, 4.69) is 20.9 Å². The number of aromatic nitrogens is 1. The third kappa shape index (κ3) is 7.34. The van der Waals surface area contributed by atoms with E-state index in [0.29, 0.717) is 17.1 Å². The van der Waals surface area contributed by atoms with E-state index in [4.69, 9.17) is 15.2 Å². The Bertz CT molecular complexity index is 1200. The minimum Gasteiger partial charge on any atom is -0.490 e. The summed E-state index contributed by atoms with van der Waals surface area (Å²) < 4.78 is 50.3. The summed E-state index contributed by atoms with van der Waals surface area (Å²) in [5.41, 5.74) is 5.24. The number of halogens is 3. The van der Waals surface area contributed by atoms with Crippen LogP contribution in [0.4, 0.5) is 23.7 Å². The molecule has 0 spiro atoms. The summed E-state index contributed by atoms with van der Waals surface area (Å²) in [4.78, 5) is 28.0. The summed E-state index contributed by atoms with van der Waals surface area (Å²) in [6.45, 7) is 0.325. The van der Waals surface area contributed by atoms with Crippen molar-refractivity contribution in [1.29, 1.82) is 0 Å². The van der Waals surface area contributed by atoms with E-state index >= 15 is 0 Å². The molecule has 3 rings (SSSR count). The van der Waals surface area contributed by atoms with Crippen molar-refractivity contribution >= 4 is 17.6 Å². The van der Waals surface area contributed by atoms with Crippen molar-refractivity contribution in [3.05, 3.63) is 77.6 Å². The van der Waals surface area contributed by atoms with E-state index in [1.165, 1.54) is 19.3 Å². The number of hydrogen-bond acceptors (Lipinski definition) is 6. The third-order valence-electron chi connectivity index (χ3n) is 4.73. The number of pyridine rings is 1. The van der Waals surface area contributed by atoms with Crippen molar-refractivity contribution in [2.75, 3.05) is 25.5 Å². The number of alkyl halides is 3. The van der Waals surface area contributed by atoms with Gasteiger partial charge in [-0.25, -0.2) is 4.79 Å². The van der Waals surface area contributed by atoms with E-state index in [0.717, 1.165) is 18.2 Å². The first-order chi connectivity index (χ1) is 17.2. The molecule has 190 valence electrons. The van der Waals surface area contributed by atoms with Crippen molar-refractivity contribution in [2.24, 2.45) is 5.73 Å². The number of urea groups is 1. The highest BCUT2D eigenvalue weighted by Crippen LogP contribution is 2.35. The quantitative estimate of drug-likeness (QED) is 0.351. The molecule has 0 bridgehead atoms. The highest BCUT2D eigenvalue weighted by atomic mass is 19.4. The lowest BCUT2D eigenvalue weighted by Gasteiger charge is -2.15. The van der Waals surface area contributed by atoms with Gasteiger partial charge in [-0.2, -0.15) is 13.2 Å². The lowest BCUT2D eigenvalue weighted by atomic mass is 10.1. The number of carbonyl (C=O) groups excluding carboxylic acids is 2. The molecule has 3 aromatic rings. The zero-order valence-electron chi connectivity index (χ0n) is 19.2. The predicted octanol–water partition coefficient (Wildman–Crippen LogP) is 3.91. The fourth-order valence-electron chi connectivity index (χ4n) is 2.99. The molecule has 0 unspecified atom stereocenters. The summed E-state index contributed by atoms with van der Waals surface area (Å²) >= 11 is 0. The Hall–Kier alpha value is -4.32. The first kappa shape index (κ1) is 26.3. The number of ether oxygens (including phenoxy) is 2. The Morgan fingerprint density at radius 3 is 2.44 bits per heavy atom. The molecule has 0 saturated heterocycles. The fraction of sp³-hybridized carbons (Fsp3) is 0.208. The van der Waals surface area contributed by atoms with Gasteiger partial charge in [0.1, 0.15) is 29.5 Å². The van der Waals surface area contributed by atoms with E-state index in [-0.39, 0.29) is 42.7 Å². The van der Waals surface area contributed by atoms with Gasteiger partial charge in [0, 0.05) is 32.4 Å². The molecular weight excluding hydrogens is 479 g/mol. The highest BCUT2D eigenvalue weighted by Gasteiger charge is 2.31. The maximum absolute atomic E-state index is 13.1. The van der Waals surface area contributed by atoms with E-state index in [1.54, 1.807) is 30.3 Å². The van der Waals surface area contributed by atoms with Gasteiger partial charge in [-0.05, 0) is 42.0 Å². The fourth-order valence-corrected chi connectivity index (χ4v) is 2.99. The molecule has 0 fully saturated rings. The van der Waals surface area contributed by atoms with Crippen molar-refractivity contribution in [1.82, 2.24) is 15.6 Å². The average Bonchev–Trinajstić information content (AvgIpc) is 2.86. The number of carbonyl (C=O) groups is 2. The normalized spacial score (nSPS) is 10.9. The van der Waals surface area contributed by atoms with Gasteiger partial charge in [-0.3, -0.25) is 9.78 Å². The number of nitrogens with one attached hydrogen (secondary N) is 3. The predicted molar refractivity (Wildman–Crippen MR) is 126 cm³/mol. The monoisotopic (exact) mass is 503 g/mol. The third-order valence-corrected chi connectivity index (χ3v) is 4.73. The van der Waals surface area contributed by atoms with Gasteiger partial charge >= 0.3 is 12.2 Å². The smallest absolute Gasteiger partial charge is 0.416 e. The van der Waals surface area contributed by atoms with E-state index in [9.17, 15) is 22.8 Å². The highest BCUT2D eigenvalue weighted by molar-refractivity contribution is 5.92. The second kappa shape index (κ2) is 11.9. The topological polar surface area (TPSA) is 128 Å². The zero-order valence-corrected chi connectivity index (χ0v) is 19.2. The summed E-state index contributed by atoms with van der Waals surface area (Å²) in [5, 5.41) is 7.45. The molecule has 1 heterocycles. The summed E-state index contributed by atoms with van der Waals surface area (Å²) in [5.74, 6) is 0.634. The molecule has 2 aromatic carbocycles. The molecule has 9 nitrogen and oxygen atoms in total. The van der Waals surface area contributed by atoms with Crippen LogP contribution in [0.25, 0.3) is 0 Å². The number of nitrogens with zero attached hydrogens (tertiary/aromatic N) is 1. The lowest BCUT2D eigenvalue weighted by molar-refractivity contribution is -0.137. The molecule has 0 aliphatic carbocycles. The Labute approximate surface area is 204 Å². The van der Waals surface area contributed by atoms with Crippen LogP contribution in [0.1, 0.15) is 21.6 Å². The maximum atomic E-state index is 13.1. The minimum atomic E-state index is -4.58. The second-order valence-electron chi connectivity index (χ2n) is 7.36. The SMILES string of the molecule is CNC(=O)c1cc(Oc2ccc(CNC(=O)Nc3cc(C(F)(F)F)ccc3OCCN)cc2)ccn1. The van der Waals surface area contributed by atoms with Gasteiger partial charge in [0.15, 0.2) is 0 Å². The summed E-state index contributed by atoms with van der Waals surface area (Å²) in [7, 11) is 1.50. The van der Waals surface area contributed by atoms with Crippen molar-refractivity contribution in [3.63, 3.8) is 0 Å². The average molecular weight is 503 g/mol. The van der Waals surface area contributed by atoms with Crippen molar-refractivity contribution < 1.29 is 32.2 Å². The van der Waals surface area contributed by atoms with Crippen LogP contribution >= 0.6 is 0 Å². The molecular formula is C24H24F3N5O4. The molecule has 0 atom stereocenters. The molecule has 5 N–H and O–H groups in total. The Morgan fingerprint density at radius 2 is 1.78 bits per heavy atom. The van der Waals surface area contributed by atoms with Gasteiger partial charge in [0.2, 0.25) is 0 Å². The van der Waals surface area contributed by atoms with Gasteiger partial charge in [-0.15, -0.1) is 0 Å². The number of anilines is 1. The molecule has 0 aliphatic heterocycles. The van der Waals surface area contributed by atoms with E-state index in [1.807, 2.05) is 0 Å². The number of rotatable bonds is 9. The van der Waals surface area contributed by atoms with Gasteiger partial charge < -0.3 is 31.2 Å². The van der Waals surface area contributed by atoms with Crippen LogP contribution in [-0.2, 0) is 12.7 Å². The summed E-state index contributed by atoms with van der Waals surface area (Å²) in [6, 6.07) is 11.9. The van der Waals surface area contributed by atoms with Gasteiger partial charge in [-0.1, -0.05) is 12.1 Å². The second-order valence-corrected chi connectivity index (χ2v) is 7.36. The molecule has 12 heteroatoms. The largest absolute Gasteiger partial charge is 0.490 e. The van der Waals surface area contributed by atoms with Crippen LogP contribution in [0.3, 0.4) is 0 Å². The Kier molecular flexibility index (Phi) is 8.68. The zero-order chi connectivity index (χ0) is 26.1. The van der Waals surface area contributed by atoms with E-state index < -0.39 is 17.8 Å². The Balaban J connectivity index is 1.60. The first-order valence-corrected chi connectivity index (χ1v) is 10.7. The van der Waals surface area contributed by atoms with Crippen LogP contribution in [0.15, 0.2) is 60.8 Å². The van der Waals surface area contributed by atoms with Crippen LogP contribution in [0, 0.1) is 0 Å². The van der Waals surface area contributed by atoms with Crippen LogP contribution in [0.2, 0.25) is 0 Å². The number of benzene rings is 2. The van der Waals surface area contributed by atoms with Gasteiger partial charge in [0.25, 0.3) is 5.91 Å². The first-order valence-electron chi connectivity index (χ1n) is 10.7. The molecule has 36 heavy (non-hydrogen) atoms. The van der Waals surface area contributed by atoms with Crippen LogP contribution in [-0.4, -0.2) is 37.1 Å². The number of nitrogens with two attached hydrogens (primary N) is 1. The molecule has 0 radical (unpaired) electrons. The van der Waals surface area contributed by atoms with Gasteiger partial charge in [0.05, 0.1) is 11.3 Å². The van der Waals surface area contributed by atoms with Crippen LogP contribution in [0.5, 0.6) is 17.2 Å². The molecule has 0 aliphatic rings. The molecule has 1 aromatic heterocycles. The number of hydrogen-bond donors (Lipinski definition) is 4. The Morgan fingerprint density at radius 1 is 1.03 bits per heavy atom. The molecule has 3 amide bonds. The molecule has 0 saturated carbocycles. The minimum absolute atomic E-state index is 0.0702. The summed E-state index contributed by atoms with van der Waals surface area (Å²) in [6.07, 6.45) is -3.13. The van der Waals surface area contributed by atoms with Crippen molar-refractivity contribution in [3.8, 4) is 17.2 Å². The lowest BCUT2D eigenvalue weighted by Crippen LogP contribution is -2.28.